The second-order valence-corrected chi connectivity index (χ2v) is 4.51. The molecule has 19 heavy (non-hydrogen) atoms. The Morgan fingerprint density at radius 3 is 2.89 bits per heavy atom. The molecule has 1 rings (SSSR count). The van der Waals surface area contributed by atoms with Gasteiger partial charge in [0.05, 0.1) is 24.1 Å². The average molecular weight is 281 g/mol. The summed E-state index contributed by atoms with van der Waals surface area (Å²) in [4.78, 5) is 13.2. The first-order chi connectivity index (χ1) is 9.15. The van der Waals surface area contributed by atoms with Crippen LogP contribution >= 0.6 is 11.6 Å². The van der Waals surface area contributed by atoms with Gasteiger partial charge in [0.25, 0.3) is 0 Å². The molecule has 0 atom stereocenters. The van der Waals surface area contributed by atoms with E-state index >= 15 is 0 Å². The molecular formula is C14H17ClN2O2. The van der Waals surface area contributed by atoms with Crippen LogP contribution in [0.4, 0.5) is 0 Å². The Kier molecular flexibility index (Phi) is 6.76. The smallest absolute Gasteiger partial charge is 0.222 e. The van der Waals surface area contributed by atoms with Gasteiger partial charge in [-0.15, -0.1) is 0 Å². The van der Waals surface area contributed by atoms with Gasteiger partial charge in [-0.3, -0.25) is 4.79 Å². The largest absolute Gasteiger partial charge is 0.492 e. The third kappa shape index (κ3) is 5.62. The first-order valence-electron chi connectivity index (χ1n) is 6.13. The molecule has 0 spiro atoms. The first-order valence-corrected chi connectivity index (χ1v) is 6.51. The van der Waals surface area contributed by atoms with Crippen LogP contribution in [0, 0.1) is 11.3 Å². The van der Waals surface area contributed by atoms with Crippen molar-refractivity contribution in [1.29, 1.82) is 5.26 Å². The monoisotopic (exact) mass is 280 g/mol. The van der Waals surface area contributed by atoms with E-state index in [1.807, 2.05) is 18.2 Å². The topological polar surface area (TPSA) is 53.3 Å². The van der Waals surface area contributed by atoms with Crippen LogP contribution in [-0.4, -0.2) is 31.0 Å². The quantitative estimate of drug-likeness (QED) is 0.722. The van der Waals surface area contributed by atoms with E-state index in [-0.39, 0.29) is 5.91 Å². The van der Waals surface area contributed by atoms with Crippen molar-refractivity contribution in [2.24, 2.45) is 0 Å². The Labute approximate surface area is 118 Å². The predicted molar refractivity (Wildman–Crippen MR) is 74.0 cm³/mol. The van der Waals surface area contributed by atoms with Gasteiger partial charge in [0.15, 0.2) is 0 Å². The minimum atomic E-state index is 0.0259. The van der Waals surface area contributed by atoms with Gasteiger partial charge in [-0.2, -0.15) is 5.26 Å². The number of ether oxygens (including phenoxy) is 1. The highest BCUT2D eigenvalue weighted by Gasteiger charge is 2.08. The van der Waals surface area contributed by atoms with Crippen molar-refractivity contribution in [1.82, 2.24) is 4.90 Å². The zero-order valence-corrected chi connectivity index (χ0v) is 11.7. The molecule has 0 saturated carbocycles. The van der Waals surface area contributed by atoms with Crippen LogP contribution in [0.25, 0.3) is 0 Å². The Bertz CT molecular complexity index is 457. The second-order valence-electron chi connectivity index (χ2n) is 4.11. The number of benzene rings is 1. The molecule has 102 valence electrons. The number of nitrogens with zero attached hydrogens (tertiary/aromatic N) is 2. The van der Waals surface area contributed by atoms with Gasteiger partial charge < -0.3 is 9.64 Å². The summed E-state index contributed by atoms with van der Waals surface area (Å²) in [7, 11) is 1.70. The number of amides is 1. The van der Waals surface area contributed by atoms with Crippen molar-refractivity contribution in [3.8, 4) is 11.8 Å². The highest BCUT2D eigenvalue weighted by molar-refractivity contribution is 6.32. The lowest BCUT2D eigenvalue weighted by atomic mass is 10.3. The second kappa shape index (κ2) is 8.39. The highest BCUT2D eigenvalue weighted by Crippen LogP contribution is 2.23. The molecule has 1 amide bonds. The molecule has 0 aromatic heterocycles. The normalized spacial score (nSPS) is 9.74. The summed E-state index contributed by atoms with van der Waals surface area (Å²) in [6.07, 6.45) is 1.39. The van der Waals surface area contributed by atoms with Crippen LogP contribution in [0.5, 0.6) is 5.75 Å². The molecule has 0 bridgehead atoms. The molecule has 4 nitrogen and oxygen atoms in total. The van der Waals surface area contributed by atoms with E-state index in [0.29, 0.717) is 43.2 Å². The molecule has 0 saturated heterocycles. The number of nitriles is 1. The Hall–Kier alpha value is -1.73. The molecule has 1 aromatic carbocycles. The molecule has 0 aliphatic rings. The van der Waals surface area contributed by atoms with Crippen molar-refractivity contribution in [2.75, 3.05) is 20.2 Å². The molecule has 1 aromatic rings. The number of hydrogen-bond donors (Lipinski definition) is 0. The molecule has 0 aliphatic heterocycles. The van der Waals surface area contributed by atoms with E-state index in [1.54, 1.807) is 24.1 Å². The van der Waals surface area contributed by atoms with E-state index in [0.717, 1.165) is 0 Å². The predicted octanol–water partition coefficient (Wildman–Crippen LogP) is 2.87. The Balaban J connectivity index is 2.22. The first kappa shape index (κ1) is 15.3. The Morgan fingerprint density at radius 1 is 1.47 bits per heavy atom. The maximum absolute atomic E-state index is 11.7. The number of halogens is 1. The molecule has 0 N–H and O–H groups in total. The van der Waals surface area contributed by atoms with Gasteiger partial charge >= 0.3 is 0 Å². The number of para-hydroxylation sites is 1. The summed E-state index contributed by atoms with van der Waals surface area (Å²) in [5, 5.41) is 9.01. The maximum Gasteiger partial charge on any atom is 0.222 e. The molecule has 0 heterocycles. The lowest BCUT2D eigenvalue weighted by Gasteiger charge is -2.15. The molecule has 0 unspecified atom stereocenters. The lowest BCUT2D eigenvalue weighted by molar-refractivity contribution is -0.130. The van der Waals surface area contributed by atoms with E-state index < -0.39 is 0 Å². The van der Waals surface area contributed by atoms with Gasteiger partial charge in [0.1, 0.15) is 5.75 Å². The van der Waals surface area contributed by atoms with Crippen molar-refractivity contribution in [3.05, 3.63) is 29.3 Å². The standard InChI is InChI=1S/C14H17ClN2O2/c1-17(10-5-9-16)14(18)8-4-11-19-13-7-3-2-6-12(13)15/h2-3,6-7H,4-5,8,10-11H2,1H3. The van der Waals surface area contributed by atoms with Crippen LogP contribution in [0.3, 0.4) is 0 Å². The summed E-state index contributed by atoms with van der Waals surface area (Å²) in [6.45, 7) is 0.919. The van der Waals surface area contributed by atoms with Crippen molar-refractivity contribution in [3.63, 3.8) is 0 Å². The van der Waals surface area contributed by atoms with Gasteiger partial charge in [0, 0.05) is 20.0 Å². The lowest BCUT2D eigenvalue weighted by Crippen LogP contribution is -2.27. The SMILES string of the molecule is CN(CCC#N)C(=O)CCCOc1ccccc1Cl. The van der Waals surface area contributed by atoms with Crippen molar-refractivity contribution in [2.45, 2.75) is 19.3 Å². The van der Waals surface area contributed by atoms with Crippen LogP contribution in [0.1, 0.15) is 19.3 Å². The fourth-order valence-electron chi connectivity index (χ4n) is 1.50. The van der Waals surface area contributed by atoms with Gasteiger partial charge in [0.2, 0.25) is 5.91 Å². The van der Waals surface area contributed by atoms with E-state index in [9.17, 15) is 4.79 Å². The molecule has 5 heteroatoms. The molecule has 0 fully saturated rings. The van der Waals surface area contributed by atoms with Gasteiger partial charge in [-0.25, -0.2) is 0 Å². The third-order valence-corrected chi connectivity index (χ3v) is 2.93. The van der Waals surface area contributed by atoms with Gasteiger partial charge in [-0.1, -0.05) is 23.7 Å². The van der Waals surface area contributed by atoms with Crippen LogP contribution < -0.4 is 4.74 Å². The third-order valence-electron chi connectivity index (χ3n) is 2.61. The van der Waals surface area contributed by atoms with Crippen LogP contribution in [-0.2, 0) is 4.79 Å². The zero-order chi connectivity index (χ0) is 14.1. The number of carbonyl (C=O) groups excluding carboxylic acids is 1. The van der Waals surface area contributed by atoms with Crippen molar-refractivity contribution < 1.29 is 9.53 Å². The van der Waals surface area contributed by atoms with E-state index in [4.69, 9.17) is 21.6 Å². The number of hydrogen-bond acceptors (Lipinski definition) is 3. The Morgan fingerprint density at radius 2 is 2.21 bits per heavy atom. The van der Waals surface area contributed by atoms with Crippen molar-refractivity contribution >= 4 is 17.5 Å². The van der Waals surface area contributed by atoms with E-state index in [2.05, 4.69) is 0 Å². The summed E-state index contributed by atoms with van der Waals surface area (Å²) in [6, 6.07) is 9.26. The fraction of sp³-hybridized carbons (Fsp3) is 0.429. The van der Waals surface area contributed by atoms with E-state index in [1.165, 1.54) is 0 Å². The highest BCUT2D eigenvalue weighted by atomic mass is 35.5. The average Bonchev–Trinajstić information content (AvgIpc) is 2.42. The minimum Gasteiger partial charge on any atom is -0.492 e. The summed E-state index contributed by atoms with van der Waals surface area (Å²) in [5.74, 6) is 0.660. The molecule has 0 radical (unpaired) electrons. The molecular weight excluding hydrogens is 264 g/mol. The van der Waals surface area contributed by atoms with Gasteiger partial charge in [-0.05, 0) is 18.6 Å². The molecule has 0 aliphatic carbocycles. The minimum absolute atomic E-state index is 0.0259. The summed E-state index contributed by atoms with van der Waals surface area (Å²) < 4.78 is 5.49. The number of rotatable bonds is 7. The zero-order valence-electron chi connectivity index (χ0n) is 10.9. The summed E-state index contributed by atoms with van der Waals surface area (Å²) in [5.41, 5.74) is 0. The van der Waals surface area contributed by atoms with Crippen LogP contribution in [0.15, 0.2) is 24.3 Å². The fourth-order valence-corrected chi connectivity index (χ4v) is 1.69. The maximum atomic E-state index is 11.7. The number of carbonyl (C=O) groups is 1. The summed E-state index contributed by atoms with van der Waals surface area (Å²) >= 11 is 5.94. The van der Waals surface area contributed by atoms with Crippen LogP contribution in [0.2, 0.25) is 5.02 Å².